The number of nitrogens with two attached hydrogens (primary N) is 1. The van der Waals surface area contributed by atoms with Crippen molar-refractivity contribution in [2.24, 2.45) is 5.73 Å². The molecule has 0 radical (unpaired) electrons. The maximum Gasteiger partial charge on any atom is 0.217 e. The van der Waals surface area contributed by atoms with Gasteiger partial charge >= 0.3 is 0 Å². The number of benzene rings is 2. The molecule has 0 aliphatic carbocycles. The van der Waals surface area contributed by atoms with Gasteiger partial charge < -0.3 is 10.7 Å². The Kier molecular flexibility index (Phi) is 5.43. The molecular weight excluding hydrogens is 317 g/mol. The number of H-pyrrole nitrogens is 1. The summed E-state index contributed by atoms with van der Waals surface area (Å²) in [6.45, 7) is 0. The lowest BCUT2D eigenvalue weighted by Crippen LogP contribution is -2.09. The number of aromatic amines is 1. The standard InChI is InChI=1S/C20H22FN3O/c21-17-10-9-14-11-16(8-7-15(14)12-17)18-13-23-20(24-18)6-4-2-1-3-5-19(22)25/h7-13H,1-6H2,(H2,22,25)(H,23,24). The van der Waals surface area contributed by atoms with E-state index in [1.165, 1.54) is 12.1 Å². The van der Waals surface area contributed by atoms with E-state index in [1.54, 1.807) is 6.07 Å². The lowest BCUT2D eigenvalue weighted by Gasteiger charge is -2.02. The number of fused-ring (bicyclic) bond motifs is 1. The van der Waals surface area contributed by atoms with Crippen molar-refractivity contribution in [1.29, 1.82) is 0 Å². The molecule has 3 aromatic rings. The molecule has 3 rings (SSSR count). The van der Waals surface area contributed by atoms with E-state index >= 15 is 0 Å². The monoisotopic (exact) mass is 339 g/mol. The van der Waals surface area contributed by atoms with Gasteiger partial charge in [0, 0.05) is 18.4 Å². The average Bonchev–Trinajstić information content (AvgIpc) is 3.06. The number of amides is 1. The Morgan fingerprint density at radius 1 is 1.04 bits per heavy atom. The first-order valence-corrected chi connectivity index (χ1v) is 8.64. The van der Waals surface area contributed by atoms with Crippen LogP contribution >= 0.6 is 0 Å². The van der Waals surface area contributed by atoms with Crippen LogP contribution in [0.15, 0.2) is 42.6 Å². The van der Waals surface area contributed by atoms with Gasteiger partial charge in [-0.05, 0) is 41.8 Å². The second-order valence-corrected chi connectivity index (χ2v) is 6.33. The molecule has 2 aromatic carbocycles. The summed E-state index contributed by atoms with van der Waals surface area (Å²) in [6, 6.07) is 10.7. The summed E-state index contributed by atoms with van der Waals surface area (Å²) in [6.07, 6.45) is 7.15. The second-order valence-electron chi connectivity index (χ2n) is 6.33. The van der Waals surface area contributed by atoms with Crippen molar-refractivity contribution < 1.29 is 9.18 Å². The van der Waals surface area contributed by atoms with Crippen molar-refractivity contribution in [3.63, 3.8) is 0 Å². The van der Waals surface area contributed by atoms with Crippen LogP contribution in [0, 0.1) is 5.82 Å². The zero-order chi connectivity index (χ0) is 17.6. The normalized spacial score (nSPS) is 11.1. The Morgan fingerprint density at radius 3 is 2.64 bits per heavy atom. The summed E-state index contributed by atoms with van der Waals surface area (Å²) < 4.78 is 13.3. The van der Waals surface area contributed by atoms with Gasteiger partial charge in [-0.3, -0.25) is 4.79 Å². The topological polar surface area (TPSA) is 71.8 Å². The molecule has 0 aliphatic heterocycles. The number of imidazole rings is 1. The molecule has 130 valence electrons. The third-order valence-electron chi connectivity index (χ3n) is 4.33. The SMILES string of the molecule is NC(=O)CCCCCCc1ncc(-c2ccc3cc(F)ccc3c2)[nH]1. The van der Waals surface area contributed by atoms with E-state index in [9.17, 15) is 9.18 Å². The molecule has 3 N–H and O–H groups in total. The summed E-state index contributed by atoms with van der Waals surface area (Å²) in [5, 5.41) is 1.89. The van der Waals surface area contributed by atoms with Crippen molar-refractivity contribution in [1.82, 2.24) is 9.97 Å². The Balaban J connectivity index is 1.58. The number of primary amides is 1. The van der Waals surface area contributed by atoms with Crippen LogP contribution < -0.4 is 5.73 Å². The van der Waals surface area contributed by atoms with Crippen LogP contribution in [0.3, 0.4) is 0 Å². The van der Waals surface area contributed by atoms with Gasteiger partial charge in [0.25, 0.3) is 0 Å². The van der Waals surface area contributed by atoms with Gasteiger partial charge in [0.05, 0.1) is 11.9 Å². The average molecular weight is 339 g/mol. The van der Waals surface area contributed by atoms with E-state index < -0.39 is 0 Å². The molecule has 1 aromatic heterocycles. The van der Waals surface area contributed by atoms with E-state index in [0.29, 0.717) is 6.42 Å². The van der Waals surface area contributed by atoms with E-state index in [-0.39, 0.29) is 11.7 Å². The first kappa shape index (κ1) is 17.1. The molecule has 0 spiro atoms. The molecule has 0 saturated carbocycles. The highest BCUT2D eigenvalue weighted by Gasteiger charge is 2.05. The minimum atomic E-state index is -0.228. The number of halogens is 1. The predicted molar refractivity (Wildman–Crippen MR) is 97.5 cm³/mol. The molecule has 0 atom stereocenters. The molecular formula is C20H22FN3O. The van der Waals surface area contributed by atoms with Crippen molar-refractivity contribution in [3.05, 3.63) is 54.2 Å². The van der Waals surface area contributed by atoms with Gasteiger partial charge in [-0.15, -0.1) is 0 Å². The van der Waals surface area contributed by atoms with Crippen molar-refractivity contribution in [3.8, 4) is 11.3 Å². The van der Waals surface area contributed by atoms with Crippen molar-refractivity contribution in [2.45, 2.75) is 38.5 Å². The van der Waals surface area contributed by atoms with E-state index in [0.717, 1.165) is 60.0 Å². The number of nitrogens with zero attached hydrogens (tertiary/aromatic N) is 1. The Morgan fingerprint density at radius 2 is 1.80 bits per heavy atom. The van der Waals surface area contributed by atoms with Crippen LogP contribution in [-0.2, 0) is 11.2 Å². The van der Waals surface area contributed by atoms with Crippen LogP contribution in [0.25, 0.3) is 22.0 Å². The van der Waals surface area contributed by atoms with E-state index in [1.807, 2.05) is 24.4 Å². The zero-order valence-electron chi connectivity index (χ0n) is 14.1. The molecule has 25 heavy (non-hydrogen) atoms. The smallest absolute Gasteiger partial charge is 0.217 e. The summed E-state index contributed by atoms with van der Waals surface area (Å²) >= 11 is 0. The number of aromatic nitrogens is 2. The quantitative estimate of drug-likeness (QED) is 0.599. The summed E-state index contributed by atoms with van der Waals surface area (Å²) in [4.78, 5) is 18.5. The molecule has 4 nitrogen and oxygen atoms in total. The van der Waals surface area contributed by atoms with Gasteiger partial charge in [0.15, 0.2) is 0 Å². The van der Waals surface area contributed by atoms with Crippen molar-refractivity contribution >= 4 is 16.7 Å². The number of rotatable bonds is 8. The molecule has 0 unspecified atom stereocenters. The van der Waals surface area contributed by atoms with Crippen LogP contribution in [0.2, 0.25) is 0 Å². The lowest BCUT2D eigenvalue weighted by atomic mass is 10.1. The van der Waals surface area contributed by atoms with Crippen LogP contribution in [0.4, 0.5) is 4.39 Å². The van der Waals surface area contributed by atoms with Crippen LogP contribution in [0.1, 0.15) is 37.9 Å². The van der Waals surface area contributed by atoms with E-state index in [4.69, 9.17) is 5.73 Å². The first-order chi connectivity index (χ1) is 12.1. The summed E-state index contributed by atoms with van der Waals surface area (Å²) in [7, 11) is 0. The molecule has 1 heterocycles. The molecule has 5 heteroatoms. The largest absolute Gasteiger partial charge is 0.370 e. The Labute approximate surface area is 146 Å². The van der Waals surface area contributed by atoms with Gasteiger partial charge in [-0.1, -0.05) is 31.0 Å². The third-order valence-corrected chi connectivity index (χ3v) is 4.33. The minimum Gasteiger partial charge on any atom is -0.370 e. The van der Waals surface area contributed by atoms with Gasteiger partial charge in [-0.25, -0.2) is 9.37 Å². The highest BCUT2D eigenvalue weighted by Crippen LogP contribution is 2.24. The second kappa shape index (κ2) is 7.92. The molecule has 0 aliphatic rings. The first-order valence-electron chi connectivity index (χ1n) is 8.64. The molecule has 0 saturated heterocycles. The molecule has 0 bridgehead atoms. The van der Waals surface area contributed by atoms with Gasteiger partial charge in [0.1, 0.15) is 11.6 Å². The summed E-state index contributed by atoms with van der Waals surface area (Å²) in [5.74, 6) is 0.512. The van der Waals surface area contributed by atoms with Gasteiger partial charge in [0.2, 0.25) is 5.91 Å². The maximum atomic E-state index is 13.3. The number of carbonyl (C=O) groups excluding carboxylic acids is 1. The number of nitrogens with one attached hydrogen (secondary N) is 1. The molecule has 1 amide bonds. The highest BCUT2D eigenvalue weighted by atomic mass is 19.1. The summed E-state index contributed by atoms with van der Waals surface area (Å²) in [5.41, 5.74) is 7.13. The molecule has 0 fully saturated rings. The van der Waals surface area contributed by atoms with E-state index in [2.05, 4.69) is 9.97 Å². The number of hydrogen-bond donors (Lipinski definition) is 2. The number of hydrogen-bond acceptors (Lipinski definition) is 2. The number of unbranched alkanes of at least 4 members (excludes halogenated alkanes) is 3. The maximum absolute atomic E-state index is 13.3. The van der Waals surface area contributed by atoms with Gasteiger partial charge in [-0.2, -0.15) is 0 Å². The third kappa shape index (κ3) is 4.66. The lowest BCUT2D eigenvalue weighted by molar-refractivity contribution is -0.118. The van der Waals surface area contributed by atoms with Crippen LogP contribution in [0.5, 0.6) is 0 Å². The fourth-order valence-electron chi connectivity index (χ4n) is 2.97. The number of carbonyl (C=O) groups is 1. The number of aryl methyl sites for hydroxylation is 1. The highest BCUT2D eigenvalue weighted by molar-refractivity contribution is 5.86. The predicted octanol–water partition coefficient (Wildman–Crippen LogP) is 4.35. The van der Waals surface area contributed by atoms with Crippen molar-refractivity contribution in [2.75, 3.05) is 0 Å². The fourth-order valence-corrected chi connectivity index (χ4v) is 2.97. The fraction of sp³-hybridized carbons (Fsp3) is 0.300. The Hall–Kier alpha value is -2.69. The minimum absolute atomic E-state index is 0.222. The van der Waals surface area contributed by atoms with Crippen LogP contribution in [-0.4, -0.2) is 15.9 Å². The Bertz CT molecular complexity index is 872. The zero-order valence-corrected chi connectivity index (χ0v) is 14.1.